The third kappa shape index (κ3) is 2.53. The van der Waals surface area contributed by atoms with Crippen LogP contribution in [0.25, 0.3) is 0 Å². The Balaban J connectivity index is 2.09. The molecule has 16 heavy (non-hydrogen) atoms. The Morgan fingerprint density at radius 1 is 1.31 bits per heavy atom. The molecule has 0 radical (unpaired) electrons. The van der Waals surface area contributed by atoms with Crippen LogP contribution in [-0.4, -0.2) is 10.8 Å². The number of carbonyl (C=O) groups is 1. The summed E-state index contributed by atoms with van der Waals surface area (Å²) >= 11 is 1.50. The van der Waals surface area contributed by atoms with Gasteiger partial charge >= 0.3 is 0 Å². The van der Waals surface area contributed by atoms with E-state index in [9.17, 15) is 4.79 Å². The zero-order valence-corrected chi connectivity index (χ0v) is 9.54. The van der Waals surface area contributed by atoms with E-state index in [1.807, 2.05) is 24.3 Å². The maximum atomic E-state index is 11.9. The van der Waals surface area contributed by atoms with E-state index in [2.05, 4.69) is 4.98 Å². The van der Waals surface area contributed by atoms with Crippen LogP contribution >= 0.6 is 11.3 Å². The van der Waals surface area contributed by atoms with Crippen molar-refractivity contribution in [3.05, 3.63) is 52.0 Å². The molecule has 1 aromatic carbocycles. The minimum absolute atomic E-state index is 0.118. The Morgan fingerprint density at radius 2 is 2.06 bits per heavy atom. The van der Waals surface area contributed by atoms with Crippen molar-refractivity contribution in [2.24, 2.45) is 5.73 Å². The first-order valence-electron chi connectivity index (χ1n) is 4.99. The molecular formula is C12H12N2OS. The van der Waals surface area contributed by atoms with Gasteiger partial charge in [0.25, 0.3) is 0 Å². The monoisotopic (exact) mass is 232 g/mol. The average molecular weight is 232 g/mol. The van der Waals surface area contributed by atoms with E-state index in [0.717, 1.165) is 16.0 Å². The number of Topliss-reactive ketones (excluding diaryl/α,β-unsaturated/α-hetero) is 1. The van der Waals surface area contributed by atoms with E-state index in [1.54, 1.807) is 11.7 Å². The number of rotatable bonds is 4. The second kappa shape index (κ2) is 5.01. The number of nitrogens with zero attached hydrogens (tertiary/aromatic N) is 1. The molecule has 0 aliphatic carbocycles. The number of hydrogen-bond donors (Lipinski definition) is 1. The molecule has 2 rings (SSSR count). The molecule has 1 aromatic heterocycles. The van der Waals surface area contributed by atoms with Gasteiger partial charge in [-0.2, -0.15) is 0 Å². The molecule has 0 bridgehead atoms. The lowest BCUT2D eigenvalue weighted by molar-refractivity contribution is 0.0994. The first-order chi connectivity index (χ1) is 7.79. The van der Waals surface area contributed by atoms with E-state index in [0.29, 0.717) is 13.0 Å². The van der Waals surface area contributed by atoms with Crippen molar-refractivity contribution in [3.63, 3.8) is 0 Å². The summed E-state index contributed by atoms with van der Waals surface area (Å²) in [7, 11) is 0. The smallest absolute Gasteiger partial charge is 0.168 e. The van der Waals surface area contributed by atoms with Crippen molar-refractivity contribution in [3.8, 4) is 0 Å². The van der Waals surface area contributed by atoms with Crippen LogP contribution in [0.4, 0.5) is 0 Å². The maximum Gasteiger partial charge on any atom is 0.168 e. The fourth-order valence-corrected chi connectivity index (χ4v) is 2.01. The van der Waals surface area contributed by atoms with Gasteiger partial charge in [0, 0.05) is 29.6 Å². The van der Waals surface area contributed by atoms with Gasteiger partial charge in [0.15, 0.2) is 5.78 Å². The van der Waals surface area contributed by atoms with Crippen molar-refractivity contribution in [1.82, 2.24) is 4.98 Å². The van der Waals surface area contributed by atoms with Crippen LogP contribution in [0.1, 0.15) is 20.8 Å². The fraction of sp³-hybridized carbons (Fsp3) is 0.167. The summed E-state index contributed by atoms with van der Waals surface area (Å²) in [5.74, 6) is 0.118. The van der Waals surface area contributed by atoms with Crippen molar-refractivity contribution in [1.29, 1.82) is 0 Å². The largest absolute Gasteiger partial charge is 0.326 e. The van der Waals surface area contributed by atoms with E-state index in [4.69, 9.17) is 5.73 Å². The molecule has 1 heterocycles. The third-order valence-electron chi connectivity index (χ3n) is 2.33. The van der Waals surface area contributed by atoms with Gasteiger partial charge in [-0.1, -0.05) is 24.3 Å². The quantitative estimate of drug-likeness (QED) is 0.820. The van der Waals surface area contributed by atoms with Crippen LogP contribution < -0.4 is 5.73 Å². The van der Waals surface area contributed by atoms with Gasteiger partial charge in [-0.05, 0) is 5.56 Å². The summed E-state index contributed by atoms with van der Waals surface area (Å²) in [4.78, 5) is 16.8. The van der Waals surface area contributed by atoms with E-state index < -0.39 is 0 Å². The molecule has 0 atom stereocenters. The lowest BCUT2D eigenvalue weighted by Crippen LogP contribution is -2.03. The second-order valence-electron chi connectivity index (χ2n) is 3.47. The highest BCUT2D eigenvalue weighted by atomic mass is 32.1. The number of thiazole rings is 1. The number of nitrogens with two attached hydrogens (primary N) is 1. The SMILES string of the molecule is NCc1ccc(C(=O)Cc2cncs2)cc1. The molecule has 2 aromatic rings. The Kier molecular flexibility index (Phi) is 3.44. The van der Waals surface area contributed by atoms with Gasteiger partial charge in [0.05, 0.1) is 5.51 Å². The molecular weight excluding hydrogens is 220 g/mol. The number of ketones is 1. The normalized spacial score (nSPS) is 10.3. The van der Waals surface area contributed by atoms with Crippen molar-refractivity contribution < 1.29 is 4.79 Å². The van der Waals surface area contributed by atoms with E-state index in [-0.39, 0.29) is 5.78 Å². The Labute approximate surface area is 97.9 Å². The first kappa shape index (κ1) is 11.0. The predicted octanol–water partition coefficient (Wildman–Crippen LogP) is 2.03. The van der Waals surface area contributed by atoms with Crippen molar-refractivity contribution >= 4 is 17.1 Å². The molecule has 2 N–H and O–H groups in total. The van der Waals surface area contributed by atoms with Crippen molar-refractivity contribution in [2.45, 2.75) is 13.0 Å². The van der Waals surface area contributed by atoms with Crippen molar-refractivity contribution in [2.75, 3.05) is 0 Å². The predicted molar refractivity (Wildman–Crippen MR) is 64.5 cm³/mol. The van der Waals surface area contributed by atoms with E-state index >= 15 is 0 Å². The van der Waals surface area contributed by atoms with Crippen LogP contribution in [0.2, 0.25) is 0 Å². The van der Waals surface area contributed by atoms with Gasteiger partial charge in [-0.15, -0.1) is 11.3 Å². The standard InChI is InChI=1S/C12H12N2OS/c13-6-9-1-3-10(4-2-9)12(15)5-11-7-14-8-16-11/h1-4,7-8H,5-6,13H2. The molecule has 0 amide bonds. The number of hydrogen-bond acceptors (Lipinski definition) is 4. The zero-order chi connectivity index (χ0) is 11.4. The van der Waals surface area contributed by atoms with Gasteiger partial charge in [-0.25, -0.2) is 0 Å². The summed E-state index contributed by atoms with van der Waals surface area (Å²) in [6.07, 6.45) is 2.16. The minimum Gasteiger partial charge on any atom is -0.326 e. The van der Waals surface area contributed by atoms with Crippen LogP contribution in [0.5, 0.6) is 0 Å². The fourth-order valence-electron chi connectivity index (χ4n) is 1.42. The number of carbonyl (C=O) groups excluding carboxylic acids is 1. The molecule has 0 unspecified atom stereocenters. The topological polar surface area (TPSA) is 56.0 Å². The molecule has 0 aliphatic heterocycles. The van der Waals surface area contributed by atoms with E-state index in [1.165, 1.54) is 11.3 Å². The highest BCUT2D eigenvalue weighted by Crippen LogP contribution is 2.11. The second-order valence-corrected chi connectivity index (χ2v) is 4.44. The summed E-state index contributed by atoms with van der Waals surface area (Å²) < 4.78 is 0. The lowest BCUT2D eigenvalue weighted by atomic mass is 10.1. The molecule has 4 heteroatoms. The molecule has 0 fully saturated rings. The minimum atomic E-state index is 0.118. The molecule has 0 aliphatic rings. The summed E-state index contributed by atoms with van der Waals surface area (Å²) in [5.41, 5.74) is 8.99. The third-order valence-corrected chi connectivity index (χ3v) is 3.11. The average Bonchev–Trinajstić information content (AvgIpc) is 2.82. The van der Waals surface area contributed by atoms with Gasteiger partial charge < -0.3 is 5.73 Å². The lowest BCUT2D eigenvalue weighted by Gasteiger charge is -2.00. The zero-order valence-electron chi connectivity index (χ0n) is 8.72. The highest BCUT2D eigenvalue weighted by molar-refractivity contribution is 7.09. The molecule has 82 valence electrons. The van der Waals surface area contributed by atoms with Crippen LogP contribution in [0, 0.1) is 0 Å². The Morgan fingerprint density at radius 3 is 2.62 bits per heavy atom. The van der Waals surface area contributed by atoms with Crippen LogP contribution in [0.3, 0.4) is 0 Å². The highest BCUT2D eigenvalue weighted by Gasteiger charge is 2.07. The number of aromatic nitrogens is 1. The molecule has 0 spiro atoms. The molecule has 0 saturated heterocycles. The van der Waals surface area contributed by atoms with Gasteiger partial charge in [0.2, 0.25) is 0 Å². The maximum absolute atomic E-state index is 11.9. The summed E-state index contributed by atoms with van der Waals surface area (Å²) in [6.45, 7) is 0.503. The van der Waals surface area contributed by atoms with Crippen LogP contribution in [0.15, 0.2) is 36.0 Å². The van der Waals surface area contributed by atoms with Gasteiger partial charge in [0.1, 0.15) is 0 Å². The Bertz CT molecular complexity index is 462. The van der Waals surface area contributed by atoms with Crippen LogP contribution in [-0.2, 0) is 13.0 Å². The molecule has 3 nitrogen and oxygen atoms in total. The van der Waals surface area contributed by atoms with Gasteiger partial charge in [-0.3, -0.25) is 9.78 Å². The summed E-state index contributed by atoms with van der Waals surface area (Å²) in [5, 5.41) is 0. The molecule has 0 saturated carbocycles. The summed E-state index contributed by atoms with van der Waals surface area (Å²) in [6, 6.07) is 7.43. The number of benzene rings is 1. The first-order valence-corrected chi connectivity index (χ1v) is 5.87. The Hall–Kier alpha value is -1.52.